The quantitative estimate of drug-likeness (QED) is 0.559. The maximum absolute atomic E-state index is 14.2. The third-order valence-electron chi connectivity index (χ3n) is 6.69. The van der Waals surface area contributed by atoms with Gasteiger partial charge in [0.25, 0.3) is 0 Å². The van der Waals surface area contributed by atoms with E-state index in [0.717, 1.165) is 24.7 Å². The molecule has 1 aliphatic heterocycles. The minimum absolute atomic E-state index is 0.0540. The summed E-state index contributed by atoms with van der Waals surface area (Å²) in [6.45, 7) is 4.93. The zero-order valence-electron chi connectivity index (χ0n) is 18.4. The highest BCUT2D eigenvalue weighted by atomic mass is 19.1. The summed E-state index contributed by atoms with van der Waals surface area (Å²) < 4.78 is 28.5. The number of hydrogen-bond acceptors (Lipinski definition) is 4. The molecule has 1 heterocycles. The molecule has 0 atom stereocenters. The molecule has 0 amide bonds. The molecular formula is C27H24F2N2O2. The van der Waals surface area contributed by atoms with Gasteiger partial charge in [-0.25, -0.2) is 8.78 Å². The molecule has 5 rings (SSSR count). The van der Waals surface area contributed by atoms with Gasteiger partial charge in [0, 0.05) is 49.9 Å². The lowest BCUT2D eigenvalue weighted by atomic mass is 9.82. The van der Waals surface area contributed by atoms with Crippen molar-refractivity contribution in [2.24, 2.45) is 0 Å². The molecule has 0 unspecified atom stereocenters. The molecule has 33 heavy (non-hydrogen) atoms. The van der Waals surface area contributed by atoms with Crippen LogP contribution >= 0.6 is 0 Å². The molecule has 0 radical (unpaired) electrons. The summed E-state index contributed by atoms with van der Waals surface area (Å²) in [5.74, 6) is -2.45. The van der Waals surface area contributed by atoms with Crippen LogP contribution in [-0.2, 0) is 12.1 Å². The van der Waals surface area contributed by atoms with Crippen molar-refractivity contribution in [1.29, 1.82) is 0 Å². The fraction of sp³-hybridized carbons (Fsp3) is 0.259. The number of Topliss-reactive ketones (excluding diaryl/α,β-unsaturated/α-hetero) is 2. The Kier molecular flexibility index (Phi) is 5.43. The van der Waals surface area contributed by atoms with E-state index in [0.29, 0.717) is 37.3 Å². The van der Waals surface area contributed by atoms with Gasteiger partial charge in [-0.1, -0.05) is 54.1 Å². The number of benzene rings is 3. The highest BCUT2D eigenvalue weighted by Crippen LogP contribution is 2.43. The maximum atomic E-state index is 14.2. The first-order valence-corrected chi connectivity index (χ1v) is 11.1. The van der Waals surface area contributed by atoms with Crippen molar-refractivity contribution in [2.45, 2.75) is 19.0 Å². The Morgan fingerprint density at radius 3 is 1.97 bits per heavy atom. The van der Waals surface area contributed by atoms with E-state index in [2.05, 4.69) is 30.0 Å². The predicted octanol–water partition coefficient (Wildman–Crippen LogP) is 4.37. The summed E-state index contributed by atoms with van der Waals surface area (Å²) in [5, 5.41) is 0. The van der Waals surface area contributed by atoms with Crippen molar-refractivity contribution >= 4 is 11.6 Å². The van der Waals surface area contributed by atoms with Crippen LogP contribution in [0.15, 0.2) is 66.7 Å². The summed E-state index contributed by atoms with van der Waals surface area (Å²) >= 11 is 0. The number of rotatable bonds is 4. The Labute approximate surface area is 191 Å². The normalized spacial score (nSPS) is 18.5. The molecule has 1 fully saturated rings. The van der Waals surface area contributed by atoms with Crippen LogP contribution in [0.2, 0.25) is 0 Å². The van der Waals surface area contributed by atoms with Crippen molar-refractivity contribution in [3.8, 4) is 0 Å². The monoisotopic (exact) mass is 446 g/mol. The van der Waals surface area contributed by atoms with E-state index in [1.54, 1.807) is 29.2 Å². The zero-order valence-corrected chi connectivity index (χ0v) is 18.4. The second-order valence-electron chi connectivity index (χ2n) is 8.82. The molecule has 2 aliphatic rings. The molecule has 168 valence electrons. The van der Waals surface area contributed by atoms with Crippen LogP contribution in [0, 0.1) is 18.6 Å². The maximum Gasteiger partial charge on any atom is 0.196 e. The lowest BCUT2D eigenvalue weighted by molar-refractivity contribution is 0.0278. The average molecular weight is 446 g/mol. The van der Waals surface area contributed by atoms with Crippen molar-refractivity contribution in [2.75, 3.05) is 26.2 Å². The predicted molar refractivity (Wildman–Crippen MR) is 121 cm³/mol. The molecule has 0 aromatic heterocycles. The molecule has 1 aliphatic carbocycles. The largest absolute Gasteiger partial charge is 0.297 e. The van der Waals surface area contributed by atoms with Crippen LogP contribution in [0.25, 0.3) is 0 Å². The number of aryl methyl sites for hydroxylation is 1. The van der Waals surface area contributed by atoms with Crippen LogP contribution in [0.5, 0.6) is 0 Å². The van der Waals surface area contributed by atoms with Gasteiger partial charge in [-0.3, -0.25) is 19.4 Å². The number of fused-ring (bicyclic) bond motifs is 1. The van der Waals surface area contributed by atoms with Gasteiger partial charge in [0.05, 0.1) is 0 Å². The van der Waals surface area contributed by atoms with Crippen molar-refractivity contribution < 1.29 is 18.4 Å². The lowest BCUT2D eigenvalue weighted by Crippen LogP contribution is -2.60. The van der Waals surface area contributed by atoms with E-state index in [-0.39, 0.29) is 5.56 Å². The Morgan fingerprint density at radius 2 is 1.39 bits per heavy atom. The summed E-state index contributed by atoms with van der Waals surface area (Å²) in [4.78, 5) is 31.6. The molecule has 3 aromatic rings. The minimum Gasteiger partial charge on any atom is -0.297 e. The molecule has 0 N–H and O–H groups in total. The number of carbonyl (C=O) groups is 2. The molecule has 3 aromatic carbocycles. The van der Waals surface area contributed by atoms with E-state index in [9.17, 15) is 18.4 Å². The van der Waals surface area contributed by atoms with Crippen molar-refractivity contribution in [3.63, 3.8) is 0 Å². The first kappa shape index (κ1) is 21.6. The molecule has 6 heteroatoms. The van der Waals surface area contributed by atoms with Gasteiger partial charge in [0.2, 0.25) is 0 Å². The molecular weight excluding hydrogens is 422 g/mol. The zero-order chi connectivity index (χ0) is 23.2. The standard InChI is InChI=1S/C27H24F2N2O2/c1-18-5-4-6-19(13-18)17-30-9-11-31(12-10-30)27(20-14-21(28)16-22(29)15-20)25(32)23-7-2-3-8-24(23)26(27)33/h2-8,13-16H,9-12,17H2,1H3. The first-order valence-electron chi connectivity index (χ1n) is 11.1. The van der Waals surface area contributed by atoms with E-state index >= 15 is 0 Å². The van der Waals surface area contributed by atoms with Crippen LogP contribution in [0.3, 0.4) is 0 Å². The Bertz CT molecular complexity index is 1190. The summed E-state index contributed by atoms with van der Waals surface area (Å²) in [7, 11) is 0. The van der Waals surface area contributed by atoms with Gasteiger partial charge in [-0.2, -0.15) is 0 Å². The van der Waals surface area contributed by atoms with Gasteiger partial charge in [-0.05, 0) is 30.2 Å². The third kappa shape index (κ3) is 3.59. The van der Waals surface area contributed by atoms with E-state index in [1.807, 2.05) is 6.07 Å². The molecule has 0 bridgehead atoms. The molecule has 1 saturated heterocycles. The number of ketones is 2. The van der Waals surface area contributed by atoms with Crippen molar-refractivity contribution in [1.82, 2.24) is 9.80 Å². The van der Waals surface area contributed by atoms with Gasteiger partial charge >= 0.3 is 0 Å². The number of hydrogen-bond donors (Lipinski definition) is 0. The van der Waals surface area contributed by atoms with Crippen LogP contribution < -0.4 is 0 Å². The van der Waals surface area contributed by atoms with Crippen LogP contribution in [0.1, 0.15) is 37.4 Å². The fourth-order valence-electron chi connectivity index (χ4n) is 5.18. The summed E-state index contributed by atoms with van der Waals surface area (Å²) in [5.41, 5.74) is 1.30. The van der Waals surface area contributed by atoms with E-state index < -0.39 is 28.7 Å². The minimum atomic E-state index is -1.75. The SMILES string of the molecule is Cc1cccc(CN2CCN(C3(c4cc(F)cc(F)c4)C(=O)c4ccccc4C3=O)CC2)c1. The average Bonchev–Trinajstić information content (AvgIpc) is 3.02. The fourth-order valence-corrected chi connectivity index (χ4v) is 5.18. The Balaban J connectivity index is 1.50. The highest BCUT2D eigenvalue weighted by Gasteiger charge is 2.58. The lowest BCUT2D eigenvalue weighted by Gasteiger charge is -2.44. The van der Waals surface area contributed by atoms with Gasteiger partial charge < -0.3 is 0 Å². The number of nitrogens with zero attached hydrogens (tertiary/aromatic N) is 2. The molecule has 0 saturated carbocycles. The van der Waals surface area contributed by atoms with Gasteiger partial charge in [-0.15, -0.1) is 0 Å². The first-order chi connectivity index (χ1) is 15.9. The smallest absolute Gasteiger partial charge is 0.196 e. The van der Waals surface area contributed by atoms with Crippen molar-refractivity contribution in [3.05, 3.63) is 106 Å². The Hall–Kier alpha value is -3.22. The van der Waals surface area contributed by atoms with Gasteiger partial charge in [0.1, 0.15) is 11.6 Å². The van der Waals surface area contributed by atoms with Gasteiger partial charge in [0.15, 0.2) is 17.1 Å². The van der Waals surface area contributed by atoms with E-state index in [4.69, 9.17) is 0 Å². The number of piperazine rings is 1. The Morgan fingerprint density at radius 1 is 0.788 bits per heavy atom. The third-order valence-corrected chi connectivity index (χ3v) is 6.69. The van der Waals surface area contributed by atoms with Crippen LogP contribution in [0.4, 0.5) is 8.78 Å². The summed E-state index contributed by atoms with van der Waals surface area (Å²) in [6, 6.07) is 17.9. The van der Waals surface area contributed by atoms with Crippen LogP contribution in [-0.4, -0.2) is 47.5 Å². The number of carbonyl (C=O) groups excluding carboxylic acids is 2. The number of halogens is 2. The topological polar surface area (TPSA) is 40.6 Å². The van der Waals surface area contributed by atoms with E-state index in [1.165, 1.54) is 11.1 Å². The second kappa shape index (κ2) is 8.28. The second-order valence-corrected chi connectivity index (χ2v) is 8.82. The summed E-state index contributed by atoms with van der Waals surface area (Å²) in [6.07, 6.45) is 0. The molecule has 0 spiro atoms. The molecule has 4 nitrogen and oxygen atoms in total. The highest BCUT2D eigenvalue weighted by molar-refractivity contribution is 6.32.